The number of carbonyl (C=O) groups excluding carboxylic acids is 6. The molecule has 0 spiro atoms. The molecule has 42 heteroatoms. The Balaban J connectivity index is 0.000000286. The van der Waals surface area contributed by atoms with Crippen molar-refractivity contribution in [2.45, 2.75) is 175 Å². The molecule has 498 valence electrons. The van der Waals surface area contributed by atoms with Crippen LogP contribution >= 0.6 is 0 Å². The number of rotatable bonds is 28. The molecule has 0 bridgehead atoms. The second-order valence-corrected chi connectivity index (χ2v) is 20.9. The molecular formula is C47H77N19O23. The van der Waals surface area contributed by atoms with Crippen molar-refractivity contribution in [1.82, 2.24) is 62.3 Å². The Morgan fingerprint density at radius 3 is 1.54 bits per heavy atom. The fraction of sp³-hybridized carbons (Fsp3) is 0.681. The van der Waals surface area contributed by atoms with Crippen LogP contribution in [0.1, 0.15) is 132 Å². The largest absolute Gasteiger partial charge is 0.480 e. The maximum atomic E-state index is 12.3. The number of anilines is 1. The highest BCUT2D eigenvalue weighted by atomic mass is 16.6. The smallest absolute Gasteiger partial charge is 0.328 e. The van der Waals surface area contributed by atoms with Crippen molar-refractivity contribution in [2.75, 3.05) is 31.1 Å². The fourth-order valence-electron chi connectivity index (χ4n) is 8.87. The normalized spacial score (nSPS) is 22.9. The summed E-state index contributed by atoms with van der Waals surface area (Å²) in [6.07, 6.45) is -7.75. The molecule has 0 aromatic carbocycles. The molecule has 9 amide bonds. The molecule has 1 aliphatic carbocycles. The van der Waals surface area contributed by atoms with Crippen molar-refractivity contribution in [3.05, 3.63) is 29.3 Å². The molecule has 2 saturated heterocycles. The third-order valence-corrected chi connectivity index (χ3v) is 13.7. The molecule has 89 heavy (non-hydrogen) atoms. The number of aromatic nitrogens is 6. The molecule has 5 heterocycles. The molecule has 1 saturated carbocycles. The number of urea groups is 3. The van der Waals surface area contributed by atoms with Gasteiger partial charge in [0.1, 0.15) is 54.7 Å². The van der Waals surface area contributed by atoms with Crippen molar-refractivity contribution >= 4 is 59.7 Å². The number of nitrogens with zero attached hydrogens (tertiary/aromatic N) is 7. The van der Waals surface area contributed by atoms with E-state index in [-0.39, 0.29) is 55.4 Å². The van der Waals surface area contributed by atoms with Crippen LogP contribution in [-0.2, 0) is 39.0 Å². The number of nitrogens with two attached hydrogens (primary N) is 6. The van der Waals surface area contributed by atoms with E-state index >= 15 is 0 Å². The maximum Gasteiger partial charge on any atom is 0.328 e. The summed E-state index contributed by atoms with van der Waals surface area (Å²) in [7, 11) is 0. The number of aliphatic hydroxyl groups is 7. The van der Waals surface area contributed by atoms with Crippen molar-refractivity contribution in [2.24, 2.45) is 34.4 Å². The number of primary amides is 3. The van der Waals surface area contributed by atoms with E-state index in [1.807, 2.05) is 5.32 Å². The van der Waals surface area contributed by atoms with Gasteiger partial charge in [-0.15, -0.1) is 0 Å². The zero-order valence-corrected chi connectivity index (χ0v) is 47.9. The van der Waals surface area contributed by atoms with Gasteiger partial charge in [0.2, 0.25) is 35.3 Å². The van der Waals surface area contributed by atoms with Crippen LogP contribution in [0.15, 0.2) is 13.6 Å². The number of unbranched alkanes of at least 4 members (excludes halogenated alkanes) is 1. The van der Waals surface area contributed by atoms with Crippen LogP contribution in [0, 0.1) is 0 Å². The van der Waals surface area contributed by atoms with E-state index in [0.717, 1.165) is 19.8 Å². The Bertz CT molecular complexity index is 2840. The minimum absolute atomic E-state index is 0.0133. The van der Waals surface area contributed by atoms with Gasteiger partial charge in [0.05, 0.1) is 49.7 Å². The van der Waals surface area contributed by atoms with Crippen LogP contribution < -0.4 is 71.2 Å². The Hall–Kier alpha value is -8.59. The Kier molecular flexibility index (Phi) is 27.6. The number of carboxylic acids is 3. The van der Waals surface area contributed by atoms with Crippen molar-refractivity contribution in [3.8, 4) is 0 Å². The number of hydrogen-bond donors (Lipinski definition) is 22. The second-order valence-electron chi connectivity index (χ2n) is 20.9. The molecule has 6 rings (SSSR count). The van der Waals surface area contributed by atoms with Gasteiger partial charge in [0, 0.05) is 19.1 Å². The predicted octanol–water partition coefficient (Wildman–Crippen LogP) is -8.14. The number of ether oxygens (including phenoxy) is 1. The van der Waals surface area contributed by atoms with Gasteiger partial charge >= 0.3 is 36.0 Å². The van der Waals surface area contributed by atoms with Gasteiger partial charge in [-0.2, -0.15) is 15.0 Å². The first-order valence-corrected chi connectivity index (χ1v) is 27.4. The average Bonchev–Trinajstić information content (AvgIpc) is 4.54. The lowest BCUT2D eigenvalue weighted by Crippen LogP contribution is -2.55. The van der Waals surface area contributed by atoms with Crippen LogP contribution in [0.2, 0.25) is 0 Å². The van der Waals surface area contributed by atoms with Crippen molar-refractivity contribution in [3.63, 3.8) is 0 Å². The number of aliphatic hydroxyl groups excluding tert-OH is 7. The number of carbonyl (C=O) groups is 9. The van der Waals surface area contributed by atoms with Gasteiger partial charge in [-0.3, -0.25) is 14.4 Å². The quantitative estimate of drug-likeness (QED) is 0.0300. The number of amides is 9. The lowest BCUT2D eigenvalue weighted by molar-refractivity contribution is -0.233. The van der Waals surface area contributed by atoms with Gasteiger partial charge in [0.25, 0.3) is 11.8 Å². The van der Waals surface area contributed by atoms with Crippen molar-refractivity contribution in [1.29, 1.82) is 0 Å². The monoisotopic (exact) mass is 1280 g/mol. The summed E-state index contributed by atoms with van der Waals surface area (Å²) in [4.78, 5) is 118. The van der Waals surface area contributed by atoms with E-state index in [0.29, 0.717) is 38.1 Å². The summed E-state index contributed by atoms with van der Waals surface area (Å²) < 4.78 is 20.6. The highest BCUT2D eigenvalue weighted by Gasteiger charge is 2.46. The SMILES string of the molecule is CC(O)[C@H](NC(=O)N[C@@H](CC(N)=O)c1nc(C2O[C@@H](CO)[C@H](O)[C@H](O)[C@H]2O)no1)C(=O)O.CC(O)[C@H](NC(=O)N[C@@H](CC(N)=O)c1nc(N2C[C@H](N)[C@@H](O)C2)no1)C(=O)O.NCCCC[C@H](NC(=O)N[C@@H](CC(N)=O)c1nc(C2(N)CCCC2)no1)C(=O)O. The minimum atomic E-state index is -1.70. The Labute approximate surface area is 503 Å². The lowest BCUT2D eigenvalue weighted by Gasteiger charge is -2.38. The number of nitrogens with one attached hydrogen (secondary N) is 6. The van der Waals surface area contributed by atoms with E-state index in [1.165, 1.54) is 6.92 Å². The van der Waals surface area contributed by atoms with E-state index in [4.69, 9.17) is 62.9 Å². The summed E-state index contributed by atoms with van der Waals surface area (Å²) in [6, 6.07) is -11.2. The summed E-state index contributed by atoms with van der Waals surface area (Å²) >= 11 is 0. The molecule has 28 N–H and O–H groups in total. The van der Waals surface area contributed by atoms with Crippen LogP contribution in [0.3, 0.4) is 0 Å². The van der Waals surface area contributed by atoms with Crippen LogP contribution in [0.4, 0.5) is 20.3 Å². The van der Waals surface area contributed by atoms with E-state index in [9.17, 15) is 84.0 Å². The lowest BCUT2D eigenvalue weighted by atomic mass is 9.95. The van der Waals surface area contributed by atoms with E-state index in [1.54, 1.807) is 4.90 Å². The molecule has 3 aromatic rings. The Morgan fingerprint density at radius 1 is 0.629 bits per heavy atom. The summed E-state index contributed by atoms with van der Waals surface area (Å²) in [5.41, 5.74) is 32.3. The van der Waals surface area contributed by atoms with Crippen LogP contribution in [-0.4, -0.2) is 228 Å². The third-order valence-electron chi connectivity index (χ3n) is 13.7. The summed E-state index contributed by atoms with van der Waals surface area (Å²) in [5, 5.41) is 120. The van der Waals surface area contributed by atoms with E-state index < -0.39 is 170 Å². The molecule has 3 aromatic heterocycles. The highest BCUT2D eigenvalue weighted by Crippen LogP contribution is 2.35. The van der Waals surface area contributed by atoms with Crippen LogP contribution in [0.25, 0.3) is 0 Å². The molecular weight excluding hydrogens is 1200 g/mol. The third kappa shape index (κ3) is 21.6. The number of β-amino-alcohol motifs (C(OH)–C–C–N with tert-alkyl or cyclic N) is 1. The van der Waals surface area contributed by atoms with Gasteiger partial charge < -0.3 is 141 Å². The molecule has 15 atom stereocenters. The highest BCUT2D eigenvalue weighted by molar-refractivity contribution is 5.85. The summed E-state index contributed by atoms with van der Waals surface area (Å²) in [6.45, 7) is 2.55. The van der Waals surface area contributed by atoms with Gasteiger partial charge in [-0.25, -0.2) is 28.8 Å². The fourth-order valence-corrected chi connectivity index (χ4v) is 8.87. The molecule has 2 aliphatic heterocycles. The first-order chi connectivity index (χ1) is 41.8. The zero-order valence-electron chi connectivity index (χ0n) is 47.9. The Morgan fingerprint density at radius 2 is 1.10 bits per heavy atom. The minimum Gasteiger partial charge on any atom is -0.480 e. The van der Waals surface area contributed by atoms with Crippen LogP contribution in [0.5, 0.6) is 0 Å². The second kappa shape index (κ2) is 33.7. The maximum absolute atomic E-state index is 12.3. The average molecular weight is 1280 g/mol. The topological polar surface area (TPSA) is 713 Å². The molecule has 3 aliphatic rings. The van der Waals surface area contributed by atoms with Gasteiger partial charge in [-0.1, -0.05) is 23.2 Å². The molecule has 42 nitrogen and oxygen atoms in total. The number of aliphatic carboxylic acids is 3. The molecule has 0 radical (unpaired) electrons. The van der Waals surface area contributed by atoms with E-state index in [2.05, 4.69) is 57.0 Å². The number of hydrogen-bond acceptors (Lipinski definition) is 30. The molecule has 3 fully saturated rings. The first-order valence-electron chi connectivity index (χ1n) is 27.4. The zero-order chi connectivity index (χ0) is 66.6. The van der Waals surface area contributed by atoms with Gasteiger partial charge in [0.15, 0.2) is 17.9 Å². The predicted molar refractivity (Wildman–Crippen MR) is 291 cm³/mol. The number of carboxylic acid groups (broad SMARTS) is 3. The summed E-state index contributed by atoms with van der Waals surface area (Å²) in [5.74, 6) is -6.96. The van der Waals surface area contributed by atoms with Gasteiger partial charge in [-0.05, 0) is 57.7 Å². The van der Waals surface area contributed by atoms with Crippen molar-refractivity contribution < 1.29 is 113 Å². The first kappa shape index (κ1) is 72.9. The molecule has 3 unspecified atom stereocenters. The standard InChI is InChI=1S/C17H29N7O5.C16H25N5O11.C14H23N7O7/c18-8-4-1-5-10(14(26)27)21-16(28)22-11(9-12(19)25)13-23-15(24-29-13)17(20)6-2-3-7-17;1-4(23)8(15(28)29)19-16(30)18-5(2-7(17)24)14-20-13(21-32-14)12-11(27)10(26)9(25)6(3-22)31-12;1-5(22)10(12(25)26)18-14(27)17-7(2-9(16)24)11-19-13(20-28-11)21-3-6(15)8(23)4-21/h10-11H,1-9,18,20H2,(H2,19,25)(H,26,27)(H2,21,22,28);4-6,8-12,22-23,25-27H,2-3H2,1H3,(H2,17,24)(H,28,29)(H2,18,19,30);5-8,10,22-23H,2-4,15H2,1H3,(H2,16,24)(H,25,26)(H2,17,18,27)/t10-,11-;4?,5-,6-,8-,9-,10-,11+,12?;5?,6-,7-,8-,10-/m000/s1.